The van der Waals surface area contributed by atoms with E-state index in [1.54, 1.807) is 12.1 Å². The van der Waals surface area contributed by atoms with Gasteiger partial charge in [0.25, 0.3) is 0 Å². The molecule has 0 amide bonds. The van der Waals surface area contributed by atoms with E-state index in [-0.39, 0.29) is 29.0 Å². The topological polar surface area (TPSA) is 74.2 Å². The van der Waals surface area contributed by atoms with Crippen LogP contribution in [0.2, 0.25) is 0 Å². The van der Waals surface area contributed by atoms with E-state index in [0.717, 1.165) is 48.8 Å². The molecule has 4 aromatic rings. The Labute approximate surface area is 189 Å². The van der Waals surface area contributed by atoms with Gasteiger partial charge in [0.15, 0.2) is 11.6 Å². The minimum absolute atomic E-state index is 0.0374. The van der Waals surface area contributed by atoms with Crippen LogP contribution in [0.4, 0.5) is 14.5 Å². The van der Waals surface area contributed by atoms with Crippen molar-refractivity contribution in [2.24, 2.45) is 0 Å². The molecule has 0 saturated carbocycles. The molecular formula is C24H23F2N7. The van der Waals surface area contributed by atoms with Gasteiger partial charge in [-0.25, -0.2) is 13.3 Å². The Morgan fingerprint density at radius 1 is 1.15 bits per heavy atom. The van der Waals surface area contributed by atoms with Crippen LogP contribution < -0.4 is 10.2 Å². The monoisotopic (exact) mass is 447 g/mol. The molecule has 1 saturated heterocycles. The van der Waals surface area contributed by atoms with Crippen molar-refractivity contribution >= 4 is 22.1 Å². The highest BCUT2D eigenvalue weighted by atomic mass is 19.1. The summed E-state index contributed by atoms with van der Waals surface area (Å²) < 4.78 is 33.5. The Morgan fingerprint density at radius 3 is 2.76 bits per heavy atom. The van der Waals surface area contributed by atoms with Crippen LogP contribution in [-0.4, -0.2) is 39.0 Å². The van der Waals surface area contributed by atoms with Crippen molar-refractivity contribution in [1.29, 1.82) is 5.26 Å². The summed E-state index contributed by atoms with van der Waals surface area (Å²) in [5.41, 5.74) is 3.27. The molecule has 33 heavy (non-hydrogen) atoms. The van der Waals surface area contributed by atoms with Gasteiger partial charge < -0.3 is 10.2 Å². The SMILES string of the molecule is C[C@@H]1CN(c2ccc(C#N)n3ncc(F)c23)Cc2c3ccc(C4CCNCC4)c(F)c3nn21. The van der Waals surface area contributed by atoms with Gasteiger partial charge in [-0.3, -0.25) is 4.68 Å². The highest BCUT2D eigenvalue weighted by molar-refractivity contribution is 5.84. The first-order chi connectivity index (χ1) is 16.1. The first-order valence-corrected chi connectivity index (χ1v) is 11.3. The molecule has 3 aromatic heterocycles. The van der Waals surface area contributed by atoms with E-state index < -0.39 is 5.82 Å². The van der Waals surface area contributed by atoms with Crippen molar-refractivity contribution in [1.82, 2.24) is 24.7 Å². The normalized spacial score (nSPS) is 19.2. The molecule has 2 aliphatic rings. The number of halogens is 2. The Bertz CT molecular complexity index is 1420. The third-order valence-corrected chi connectivity index (χ3v) is 7.01. The number of nitriles is 1. The number of anilines is 1. The van der Waals surface area contributed by atoms with Crippen LogP contribution in [0.1, 0.15) is 48.7 Å². The largest absolute Gasteiger partial charge is 0.362 e. The summed E-state index contributed by atoms with van der Waals surface area (Å²) >= 11 is 0. The van der Waals surface area contributed by atoms with E-state index in [9.17, 15) is 9.65 Å². The summed E-state index contributed by atoms with van der Waals surface area (Å²) in [7, 11) is 0. The van der Waals surface area contributed by atoms with E-state index in [1.807, 2.05) is 23.7 Å². The minimum atomic E-state index is -0.476. The van der Waals surface area contributed by atoms with Gasteiger partial charge in [0.2, 0.25) is 0 Å². The molecule has 0 bridgehead atoms. The number of nitrogens with zero attached hydrogens (tertiary/aromatic N) is 6. The molecule has 2 aliphatic heterocycles. The van der Waals surface area contributed by atoms with E-state index in [0.29, 0.717) is 24.3 Å². The predicted octanol–water partition coefficient (Wildman–Crippen LogP) is 3.88. The highest BCUT2D eigenvalue weighted by Crippen LogP contribution is 2.37. The van der Waals surface area contributed by atoms with Gasteiger partial charge in [0.05, 0.1) is 30.2 Å². The van der Waals surface area contributed by atoms with Gasteiger partial charge in [0.1, 0.15) is 22.8 Å². The first-order valence-electron chi connectivity index (χ1n) is 11.3. The molecule has 9 heteroatoms. The van der Waals surface area contributed by atoms with Crippen LogP contribution in [0, 0.1) is 23.0 Å². The van der Waals surface area contributed by atoms with Crippen molar-refractivity contribution < 1.29 is 8.78 Å². The van der Waals surface area contributed by atoms with Crippen LogP contribution in [0.5, 0.6) is 0 Å². The zero-order chi connectivity index (χ0) is 22.7. The quantitative estimate of drug-likeness (QED) is 0.505. The molecule has 1 aromatic carbocycles. The molecule has 0 spiro atoms. The predicted molar refractivity (Wildman–Crippen MR) is 120 cm³/mol. The number of hydrogen-bond acceptors (Lipinski definition) is 5. The fraction of sp³-hybridized carbons (Fsp3) is 0.375. The first kappa shape index (κ1) is 20.1. The van der Waals surface area contributed by atoms with Crippen molar-refractivity contribution in [3.8, 4) is 6.07 Å². The molecule has 6 rings (SSSR count). The summed E-state index contributed by atoms with van der Waals surface area (Å²) in [6, 6.07) is 9.32. The summed E-state index contributed by atoms with van der Waals surface area (Å²) in [5, 5.41) is 22.2. The van der Waals surface area contributed by atoms with Gasteiger partial charge >= 0.3 is 0 Å². The average molecular weight is 447 g/mol. The maximum absolute atomic E-state index is 15.6. The Kier molecular flexibility index (Phi) is 4.59. The van der Waals surface area contributed by atoms with Gasteiger partial charge in [0, 0.05) is 11.9 Å². The zero-order valence-corrected chi connectivity index (χ0v) is 18.2. The number of rotatable bonds is 2. The summed E-state index contributed by atoms with van der Waals surface area (Å²) in [4.78, 5) is 2.06. The Hall–Kier alpha value is -3.51. The molecule has 168 valence electrons. The van der Waals surface area contributed by atoms with Gasteiger partial charge in [-0.15, -0.1) is 0 Å². The number of hydrogen-bond donors (Lipinski definition) is 1. The number of pyridine rings is 1. The number of fused-ring (bicyclic) bond motifs is 4. The molecular weight excluding hydrogens is 424 g/mol. The van der Waals surface area contributed by atoms with Crippen molar-refractivity contribution in [3.63, 3.8) is 0 Å². The van der Waals surface area contributed by atoms with Gasteiger partial charge in [-0.05, 0) is 56.5 Å². The van der Waals surface area contributed by atoms with Crippen LogP contribution in [-0.2, 0) is 6.54 Å². The van der Waals surface area contributed by atoms with E-state index in [1.165, 1.54) is 4.52 Å². The lowest BCUT2D eigenvalue weighted by Gasteiger charge is -2.34. The van der Waals surface area contributed by atoms with Crippen LogP contribution in [0.3, 0.4) is 0 Å². The molecule has 5 heterocycles. The van der Waals surface area contributed by atoms with Crippen molar-refractivity contribution in [2.45, 2.75) is 38.3 Å². The summed E-state index contributed by atoms with van der Waals surface area (Å²) in [6.45, 7) is 4.87. The zero-order valence-electron chi connectivity index (χ0n) is 18.2. The second-order valence-electron chi connectivity index (χ2n) is 8.98. The average Bonchev–Trinajstić information content (AvgIpc) is 3.41. The lowest BCUT2D eigenvalue weighted by atomic mass is 9.89. The lowest BCUT2D eigenvalue weighted by Crippen LogP contribution is -2.36. The fourth-order valence-electron chi connectivity index (χ4n) is 5.39. The number of piperidine rings is 1. The molecule has 0 unspecified atom stereocenters. The fourth-order valence-corrected chi connectivity index (χ4v) is 5.39. The lowest BCUT2D eigenvalue weighted by molar-refractivity contribution is 0.428. The molecule has 0 radical (unpaired) electrons. The second-order valence-corrected chi connectivity index (χ2v) is 8.98. The Balaban J connectivity index is 1.44. The second kappa shape index (κ2) is 7.52. The van der Waals surface area contributed by atoms with Crippen molar-refractivity contribution in [2.75, 3.05) is 24.5 Å². The third-order valence-electron chi connectivity index (χ3n) is 7.01. The Morgan fingerprint density at radius 2 is 1.97 bits per heavy atom. The summed E-state index contributed by atoms with van der Waals surface area (Å²) in [5.74, 6) is -0.487. The van der Waals surface area contributed by atoms with Crippen molar-refractivity contribution in [3.05, 3.63) is 59.0 Å². The number of benzene rings is 1. The number of nitrogens with one attached hydrogen (secondary N) is 1. The molecule has 1 atom stereocenters. The summed E-state index contributed by atoms with van der Waals surface area (Å²) in [6.07, 6.45) is 2.97. The minimum Gasteiger partial charge on any atom is -0.362 e. The van der Waals surface area contributed by atoms with E-state index in [4.69, 9.17) is 0 Å². The van der Waals surface area contributed by atoms with Crippen LogP contribution >= 0.6 is 0 Å². The third kappa shape index (κ3) is 3.01. The molecule has 0 aliphatic carbocycles. The van der Waals surface area contributed by atoms with Crippen LogP contribution in [0.15, 0.2) is 30.5 Å². The van der Waals surface area contributed by atoms with Gasteiger partial charge in [-0.1, -0.05) is 12.1 Å². The van der Waals surface area contributed by atoms with E-state index >= 15 is 4.39 Å². The number of aromatic nitrogens is 4. The van der Waals surface area contributed by atoms with Crippen LogP contribution in [0.25, 0.3) is 16.4 Å². The molecule has 1 N–H and O–H groups in total. The molecule has 7 nitrogen and oxygen atoms in total. The van der Waals surface area contributed by atoms with Gasteiger partial charge in [-0.2, -0.15) is 15.5 Å². The smallest absolute Gasteiger partial charge is 0.171 e. The standard InChI is InChI=1S/C24H23F2N7/c1-14-12-31(20-5-2-16(10-27)33-24(20)19(25)11-29-33)13-21-18-4-3-17(15-6-8-28-9-7-15)22(26)23(18)30-32(14)21/h2-5,11,14-15,28H,6-9,12-13H2,1H3/t14-/m1/s1. The van der Waals surface area contributed by atoms with E-state index in [2.05, 4.69) is 26.5 Å². The highest BCUT2D eigenvalue weighted by Gasteiger charge is 2.30. The maximum Gasteiger partial charge on any atom is 0.171 e. The molecule has 1 fully saturated rings. The maximum atomic E-state index is 15.6.